The van der Waals surface area contributed by atoms with Crippen LogP contribution in [0.2, 0.25) is 0 Å². The molecule has 0 radical (unpaired) electrons. The number of hydrazone groups is 1. The second kappa shape index (κ2) is 6.23. The Bertz CT molecular complexity index is 702. The van der Waals surface area contributed by atoms with Crippen molar-refractivity contribution in [2.24, 2.45) is 10.8 Å². The number of nitrogens with zero attached hydrogens (tertiary/aromatic N) is 1. The Balaban J connectivity index is 2.28. The van der Waals surface area contributed by atoms with Crippen LogP contribution in [0.25, 0.3) is 11.3 Å². The molecule has 0 bridgehead atoms. The van der Waals surface area contributed by atoms with Crippen LogP contribution in [0.5, 0.6) is 0 Å². The standard InChI is InChI=1S/C13H13N3O4S/c1-7(15-16-13(14)18)9-3-4-10(20-9)8-5-6-21-11(8)12(17)19-2/h3-6H,1-2H3,(H3,14,16,18)/b15-7+. The van der Waals surface area contributed by atoms with Crippen LogP contribution in [0.1, 0.15) is 22.4 Å². The van der Waals surface area contributed by atoms with E-state index in [1.165, 1.54) is 18.4 Å². The van der Waals surface area contributed by atoms with E-state index in [-0.39, 0.29) is 0 Å². The number of methoxy groups -OCH3 is 1. The average Bonchev–Trinajstić information content (AvgIpc) is 3.11. The van der Waals surface area contributed by atoms with Crippen molar-refractivity contribution in [3.8, 4) is 11.3 Å². The van der Waals surface area contributed by atoms with E-state index in [1.54, 1.807) is 30.5 Å². The molecule has 0 unspecified atom stereocenters. The van der Waals surface area contributed by atoms with Crippen LogP contribution in [-0.2, 0) is 4.74 Å². The average molecular weight is 307 g/mol. The number of ether oxygens (including phenoxy) is 1. The van der Waals surface area contributed by atoms with Gasteiger partial charge in [0, 0.05) is 5.56 Å². The fraction of sp³-hybridized carbons (Fsp3) is 0.154. The molecule has 0 saturated heterocycles. The summed E-state index contributed by atoms with van der Waals surface area (Å²) < 4.78 is 10.4. The first-order valence-corrected chi connectivity index (χ1v) is 6.77. The molecule has 110 valence electrons. The fourth-order valence-electron chi connectivity index (χ4n) is 1.63. The van der Waals surface area contributed by atoms with E-state index in [4.69, 9.17) is 14.9 Å². The number of thiophene rings is 1. The molecule has 0 saturated carbocycles. The zero-order valence-corrected chi connectivity index (χ0v) is 12.2. The Morgan fingerprint density at radius 2 is 2.14 bits per heavy atom. The Hall–Kier alpha value is -2.61. The highest BCUT2D eigenvalue weighted by molar-refractivity contribution is 7.12. The lowest BCUT2D eigenvalue weighted by atomic mass is 10.2. The predicted molar refractivity (Wildman–Crippen MR) is 78.3 cm³/mol. The van der Waals surface area contributed by atoms with Crippen molar-refractivity contribution in [3.05, 3.63) is 34.2 Å². The minimum Gasteiger partial charge on any atom is -0.465 e. The van der Waals surface area contributed by atoms with Gasteiger partial charge in [-0.05, 0) is 30.5 Å². The van der Waals surface area contributed by atoms with Crippen LogP contribution in [0.15, 0.2) is 33.1 Å². The molecule has 3 N–H and O–H groups in total. The topological polar surface area (TPSA) is 107 Å². The summed E-state index contributed by atoms with van der Waals surface area (Å²) in [7, 11) is 1.33. The molecule has 0 aliphatic heterocycles. The molecule has 7 nitrogen and oxygen atoms in total. The summed E-state index contributed by atoms with van der Waals surface area (Å²) in [6, 6.07) is 4.42. The maximum atomic E-state index is 11.6. The third-order valence-electron chi connectivity index (χ3n) is 2.60. The summed E-state index contributed by atoms with van der Waals surface area (Å²) >= 11 is 1.27. The lowest BCUT2D eigenvalue weighted by molar-refractivity contribution is 0.0607. The number of primary amides is 1. The number of amides is 2. The van der Waals surface area contributed by atoms with E-state index in [1.807, 2.05) is 0 Å². The monoisotopic (exact) mass is 307 g/mol. The first-order valence-electron chi connectivity index (χ1n) is 5.89. The molecule has 0 aliphatic rings. The summed E-state index contributed by atoms with van der Waals surface area (Å²) in [6.45, 7) is 1.66. The lowest BCUT2D eigenvalue weighted by Gasteiger charge is -2.00. The molecule has 0 aromatic carbocycles. The number of hydrogen-bond donors (Lipinski definition) is 2. The smallest absolute Gasteiger partial charge is 0.348 e. The molecule has 2 aromatic rings. The Labute approximate surface area is 124 Å². The number of hydrogen-bond acceptors (Lipinski definition) is 6. The van der Waals surface area contributed by atoms with E-state index in [0.29, 0.717) is 27.7 Å². The normalized spacial score (nSPS) is 11.2. The number of esters is 1. The highest BCUT2D eigenvalue weighted by Gasteiger charge is 2.18. The quantitative estimate of drug-likeness (QED) is 0.513. The van der Waals surface area contributed by atoms with Crippen LogP contribution in [0.3, 0.4) is 0 Å². The molecule has 0 aliphatic carbocycles. The van der Waals surface area contributed by atoms with Gasteiger partial charge in [-0.2, -0.15) is 5.10 Å². The van der Waals surface area contributed by atoms with Gasteiger partial charge in [-0.25, -0.2) is 15.0 Å². The summed E-state index contributed by atoms with van der Waals surface area (Å²) in [6.07, 6.45) is 0. The number of furan rings is 1. The van der Waals surface area contributed by atoms with Crippen molar-refractivity contribution in [1.82, 2.24) is 5.43 Å². The number of urea groups is 1. The van der Waals surface area contributed by atoms with Gasteiger partial charge in [0.25, 0.3) is 0 Å². The van der Waals surface area contributed by atoms with Gasteiger partial charge in [0.2, 0.25) is 0 Å². The molecule has 0 fully saturated rings. The fourth-order valence-corrected chi connectivity index (χ4v) is 2.44. The molecule has 8 heteroatoms. The number of rotatable bonds is 4. The third-order valence-corrected chi connectivity index (χ3v) is 3.49. The molecule has 0 atom stereocenters. The van der Waals surface area contributed by atoms with Crippen molar-refractivity contribution in [2.75, 3.05) is 7.11 Å². The predicted octanol–water partition coefficient (Wildman–Crippen LogP) is 2.19. The van der Waals surface area contributed by atoms with Gasteiger partial charge in [-0.1, -0.05) is 0 Å². The summed E-state index contributed by atoms with van der Waals surface area (Å²) in [4.78, 5) is 22.7. The van der Waals surface area contributed by atoms with Crippen molar-refractivity contribution >= 4 is 29.0 Å². The molecular weight excluding hydrogens is 294 g/mol. The first-order chi connectivity index (χ1) is 10.0. The Morgan fingerprint density at radius 3 is 2.81 bits per heavy atom. The highest BCUT2D eigenvalue weighted by atomic mass is 32.1. The Kier molecular flexibility index (Phi) is 4.39. The van der Waals surface area contributed by atoms with Crippen molar-refractivity contribution in [3.63, 3.8) is 0 Å². The maximum Gasteiger partial charge on any atom is 0.348 e. The number of carbonyl (C=O) groups is 2. The summed E-state index contributed by atoms with van der Waals surface area (Å²) in [5.41, 5.74) is 8.15. The number of nitrogens with one attached hydrogen (secondary N) is 1. The van der Waals surface area contributed by atoms with Gasteiger partial charge in [-0.3, -0.25) is 0 Å². The zero-order chi connectivity index (χ0) is 15.4. The number of nitrogens with two attached hydrogens (primary N) is 1. The number of carbonyl (C=O) groups excluding carboxylic acids is 2. The molecule has 2 amide bonds. The maximum absolute atomic E-state index is 11.6. The van der Waals surface area contributed by atoms with Crippen LogP contribution >= 0.6 is 11.3 Å². The largest absolute Gasteiger partial charge is 0.465 e. The van der Waals surface area contributed by atoms with Crippen LogP contribution in [-0.4, -0.2) is 24.8 Å². The first kappa shape index (κ1) is 14.8. The zero-order valence-electron chi connectivity index (χ0n) is 11.4. The van der Waals surface area contributed by atoms with E-state index in [0.717, 1.165) is 0 Å². The van der Waals surface area contributed by atoms with Crippen LogP contribution in [0.4, 0.5) is 4.79 Å². The second-order valence-corrected chi connectivity index (χ2v) is 4.91. The molecule has 2 rings (SSSR count). The van der Waals surface area contributed by atoms with E-state index < -0.39 is 12.0 Å². The van der Waals surface area contributed by atoms with E-state index >= 15 is 0 Å². The van der Waals surface area contributed by atoms with Gasteiger partial charge in [0.1, 0.15) is 16.3 Å². The molecular formula is C13H13N3O4S. The van der Waals surface area contributed by atoms with E-state index in [2.05, 4.69) is 10.5 Å². The van der Waals surface area contributed by atoms with E-state index in [9.17, 15) is 9.59 Å². The molecule has 0 spiro atoms. The van der Waals surface area contributed by atoms with Gasteiger partial charge < -0.3 is 14.9 Å². The van der Waals surface area contributed by atoms with Crippen LogP contribution in [0, 0.1) is 0 Å². The van der Waals surface area contributed by atoms with Gasteiger partial charge >= 0.3 is 12.0 Å². The highest BCUT2D eigenvalue weighted by Crippen LogP contribution is 2.30. The van der Waals surface area contributed by atoms with Gasteiger partial charge in [0.05, 0.1) is 7.11 Å². The van der Waals surface area contributed by atoms with Crippen molar-refractivity contribution in [2.45, 2.75) is 6.92 Å². The van der Waals surface area contributed by atoms with Crippen molar-refractivity contribution in [1.29, 1.82) is 0 Å². The van der Waals surface area contributed by atoms with Crippen LogP contribution < -0.4 is 11.2 Å². The molecule has 21 heavy (non-hydrogen) atoms. The van der Waals surface area contributed by atoms with Crippen molar-refractivity contribution < 1.29 is 18.7 Å². The summed E-state index contributed by atoms with van der Waals surface area (Å²) in [5, 5.41) is 5.55. The minimum absolute atomic E-state index is 0.418. The SMILES string of the molecule is COC(=O)c1sccc1-c1ccc(/C(C)=N/NC(N)=O)o1. The molecule has 2 aromatic heterocycles. The summed E-state index contributed by atoms with van der Waals surface area (Å²) in [5.74, 6) is 0.555. The second-order valence-electron chi connectivity index (χ2n) is 3.99. The Morgan fingerprint density at radius 1 is 1.38 bits per heavy atom. The van der Waals surface area contributed by atoms with Gasteiger partial charge in [-0.15, -0.1) is 11.3 Å². The van der Waals surface area contributed by atoms with Gasteiger partial charge in [0.15, 0.2) is 5.76 Å². The third kappa shape index (κ3) is 3.29. The molecule has 2 heterocycles. The minimum atomic E-state index is -0.757. The lowest BCUT2D eigenvalue weighted by Crippen LogP contribution is -2.25.